The summed E-state index contributed by atoms with van der Waals surface area (Å²) in [6.45, 7) is 3.13. The fourth-order valence-electron chi connectivity index (χ4n) is 2.86. The van der Waals surface area contributed by atoms with Crippen molar-refractivity contribution < 1.29 is 14.3 Å². The number of fused-ring (bicyclic) bond motifs is 1. The number of amides is 1. The van der Waals surface area contributed by atoms with E-state index in [1.165, 1.54) is 5.39 Å². The molecule has 3 rings (SSSR count). The Kier molecular flexibility index (Phi) is 5.74. The summed E-state index contributed by atoms with van der Waals surface area (Å²) in [5.41, 5.74) is 1.64. The van der Waals surface area contributed by atoms with E-state index in [0.717, 1.165) is 17.4 Å². The molecule has 0 heterocycles. The minimum atomic E-state index is -0.140. The van der Waals surface area contributed by atoms with E-state index in [4.69, 9.17) is 9.47 Å². The van der Waals surface area contributed by atoms with Gasteiger partial charge in [0.15, 0.2) is 11.5 Å². The number of hydrogen-bond donors (Lipinski definition) is 1. The zero-order valence-corrected chi connectivity index (χ0v) is 15.1. The highest BCUT2D eigenvalue weighted by atomic mass is 16.5. The molecule has 4 heteroatoms. The number of carbonyl (C=O) groups is 1. The van der Waals surface area contributed by atoms with Gasteiger partial charge in [-0.3, -0.25) is 4.79 Å². The van der Waals surface area contributed by atoms with Gasteiger partial charge in [0.2, 0.25) is 0 Å². The number of benzene rings is 3. The van der Waals surface area contributed by atoms with Crippen LogP contribution in [0.1, 0.15) is 29.3 Å². The van der Waals surface area contributed by atoms with Gasteiger partial charge in [-0.25, -0.2) is 0 Å². The molecule has 0 bridgehead atoms. The highest BCUT2D eigenvalue weighted by molar-refractivity contribution is 5.95. The molecule has 0 saturated carbocycles. The molecule has 3 aromatic rings. The average Bonchev–Trinajstić information content (AvgIpc) is 2.70. The lowest BCUT2D eigenvalue weighted by atomic mass is 10.0. The Morgan fingerprint density at radius 2 is 1.81 bits per heavy atom. The van der Waals surface area contributed by atoms with E-state index in [0.29, 0.717) is 30.2 Å². The van der Waals surface area contributed by atoms with Crippen LogP contribution in [0.5, 0.6) is 11.5 Å². The van der Waals surface area contributed by atoms with E-state index in [1.54, 1.807) is 25.3 Å². The minimum absolute atomic E-state index is 0.140. The third-order valence-corrected chi connectivity index (χ3v) is 4.21. The van der Waals surface area contributed by atoms with Crippen molar-refractivity contribution in [1.29, 1.82) is 0 Å². The maximum absolute atomic E-state index is 12.5. The second-order valence-electron chi connectivity index (χ2n) is 6.04. The van der Waals surface area contributed by atoms with E-state index in [2.05, 4.69) is 23.5 Å². The molecule has 4 nitrogen and oxygen atoms in total. The molecule has 1 amide bonds. The lowest BCUT2D eigenvalue weighted by molar-refractivity contribution is 0.0950. The fourth-order valence-corrected chi connectivity index (χ4v) is 2.86. The third-order valence-electron chi connectivity index (χ3n) is 4.21. The molecular formula is C22H23NO3. The van der Waals surface area contributed by atoms with Crippen LogP contribution in [0, 0.1) is 0 Å². The topological polar surface area (TPSA) is 47.6 Å². The van der Waals surface area contributed by atoms with Gasteiger partial charge in [0.25, 0.3) is 5.91 Å². The van der Waals surface area contributed by atoms with Gasteiger partial charge >= 0.3 is 0 Å². The smallest absolute Gasteiger partial charge is 0.251 e. The van der Waals surface area contributed by atoms with Gasteiger partial charge in [-0.15, -0.1) is 0 Å². The monoisotopic (exact) mass is 349 g/mol. The molecule has 0 atom stereocenters. The third kappa shape index (κ3) is 3.97. The number of methoxy groups -OCH3 is 1. The van der Waals surface area contributed by atoms with Crippen LogP contribution >= 0.6 is 0 Å². The van der Waals surface area contributed by atoms with Crippen LogP contribution in [0.3, 0.4) is 0 Å². The number of nitrogens with one attached hydrogen (secondary N) is 1. The van der Waals surface area contributed by atoms with E-state index in [-0.39, 0.29) is 5.91 Å². The first-order chi connectivity index (χ1) is 12.7. The van der Waals surface area contributed by atoms with Gasteiger partial charge in [-0.1, -0.05) is 49.4 Å². The molecular weight excluding hydrogens is 326 g/mol. The summed E-state index contributed by atoms with van der Waals surface area (Å²) in [7, 11) is 1.58. The van der Waals surface area contributed by atoms with Gasteiger partial charge in [-0.05, 0) is 41.0 Å². The predicted molar refractivity (Wildman–Crippen MR) is 104 cm³/mol. The zero-order chi connectivity index (χ0) is 18.4. The van der Waals surface area contributed by atoms with Crippen LogP contribution in [0.15, 0.2) is 60.7 Å². The maximum Gasteiger partial charge on any atom is 0.251 e. The molecule has 0 aromatic heterocycles. The maximum atomic E-state index is 12.5. The summed E-state index contributed by atoms with van der Waals surface area (Å²) in [5, 5.41) is 5.30. The first-order valence-electron chi connectivity index (χ1n) is 8.78. The van der Waals surface area contributed by atoms with Crippen molar-refractivity contribution in [2.45, 2.75) is 19.9 Å². The molecule has 0 unspecified atom stereocenters. The Labute approximate surface area is 153 Å². The summed E-state index contributed by atoms with van der Waals surface area (Å²) in [6, 6.07) is 19.5. The summed E-state index contributed by atoms with van der Waals surface area (Å²) in [4.78, 5) is 12.5. The Bertz CT molecular complexity index is 900. The van der Waals surface area contributed by atoms with Gasteiger partial charge in [-0.2, -0.15) is 0 Å². The largest absolute Gasteiger partial charge is 0.493 e. The van der Waals surface area contributed by atoms with Crippen molar-refractivity contribution in [3.8, 4) is 11.5 Å². The molecule has 26 heavy (non-hydrogen) atoms. The fraction of sp³-hybridized carbons (Fsp3) is 0.227. The normalized spacial score (nSPS) is 10.5. The van der Waals surface area contributed by atoms with Gasteiger partial charge in [0, 0.05) is 12.1 Å². The van der Waals surface area contributed by atoms with Crippen molar-refractivity contribution in [2.75, 3.05) is 13.7 Å². The average molecular weight is 349 g/mol. The molecule has 134 valence electrons. The second-order valence-corrected chi connectivity index (χ2v) is 6.04. The second kappa shape index (κ2) is 8.39. The first kappa shape index (κ1) is 17.8. The summed E-state index contributed by atoms with van der Waals surface area (Å²) in [5.74, 6) is 1.08. The minimum Gasteiger partial charge on any atom is -0.493 e. The van der Waals surface area contributed by atoms with Crippen molar-refractivity contribution in [2.24, 2.45) is 0 Å². The van der Waals surface area contributed by atoms with Crippen molar-refractivity contribution in [3.05, 3.63) is 71.8 Å². The Hall–Kier alpha value is -3.01. The number of ether oxygens (including phenoxy) is 2. The molecule has 0 aliphatic carbocycles. The van der Waals surface area contributed by atoms with Crippen molar-refractivity contribution in [1.82, 2.24) is 5.32 Å². The molecule has 0 aliphatic rings. The van der Waals surface area contributed by atoms with Crippen LogP contribution in [-0.4, -0.2) is 19.6 Å². The first-order valence-corrected chi connectivity index (χ1v) is 8.78. The highest BCUT2D eigenvalue weighted by Gasteiger charge is 2.11. The quantitative estimate of drug-likeness (QED) is 0.680. The van der Waals surface area contributed by atoms with E-state index < -0.39 is 0 Å². The number of rotatable bonds is 7. The summed E-state index contributed by atoms with van der Waals surface area (Å²) >= 11 is 0. The van der Waals surface area contributed by atoms with Crippen molar-refractivity contribution in [3.63, 3.8) is 0 Å². The lowest BCUT2D eigenvalue weighted by Gasteiger charge is -2.12. The zero-order valence-electron chi connectivity index (χ0n) is 15.1. The summed E-state index contributed by atoms with van der Waals surface area (Å²) < 4.78 is 11.0. The van der Waals surface area contributed by atoms with Gasteiger partial charge in [0.1, 0.15) is 0 Å². The standard InChI is InChI=1S/C22H23NO3/c1-3-13-26-20-12-11-17(14-21(20)25-2)22(24)23-15-18-9-6-8-16-7-4-5-10-19(16)18/h4-12,14H,3,13,15H2,1-2H3,(H,23,24). The number of hydrogen-bond acceptors (Lipinski definition) is 3. The molecule has 3 aromatic carbocycles. The highest BCUT2D eigenvalue weighted by Crippen LogP contribution is 2.28. The van der Waals surface area contributed by atoms with Gasteiger partial charge < -0.3 is 14.8 Å². The van der Waals surface area contributed by atoms with E-state index >= 15 is 0 Å². The Morgan fingerprint density at radius 1 is 1.00 bits per heavy atom. The molecule has 0 aliphatic heterocycles. The Balaban J connectivity index is 1.73. The number of carbonyl (C=O) groups excluding carboxylic acids is 1. The van der Waals surface area contributed by atoms with Crippen LogP contribution in [0.25, 0.3) is 10.8 Å². The van der Waals surface area contributed by atoms with Crippen LogP contribution in [0.4, 0.5) is 0 Å². The van der Waals surface area contributed by atoms with Crippen LogP contribution in [0.2, 0.25) is 0 Å². The molecule has 0 radical (unpaired) electrons. The van der Waals surface area contributed by atoms with Crippen LogP contribution < -0.4 is 14.8 Å². The van der Waals surface area contributed by atoms with E-state index in [9.17, 15) is 4.79 Å². The van der Waals surface area contributed by atoms with Crippen molar-refractivity contribution >= 4 is 16.7 Å². The molecule has 1 N–H and O–H groups in total. The SMILES string of the molecule is CCCOc1ccc(C(=O)NCc2cccc3ccccc23)cc1OC. The molecule has 0 spiro atoms. The lowest BCUT2D eigenvalue weighted by Crippen LogP contribution is -2.23. The van der Waals surface area contributed by atoms with Crippen LogP contribution in [-0.2, 0) is 6.54 Å². The Morgan fingerprint density at radius 3 is 2.62 bits per heavy atom. The summed E-state index contributed by atoms with van der Waals surface area (Å²) in [6.07, 6.45) is 0.913. The van der Waals surface area contributed by atoms with Gasteiger partial charge in [0.05, 0.1) is 13.7 Å². The predicted octanol–water partition coefficient (Wildman–Crippen LogP) is 4.57. The molecule has 0 fully saturated rings. The van der Waals surface area contributed by atoms with E-state index in [1.807, 2.05) is 31.2 Å². The molecule has 0 saturated heterocycles.